The van der Waals surface area contributed by atoms with E-state index in [1.807, 2.05) is 0 Å². The van der Waals surface area contributed by atoms with Gasteiger partial charge >= 0.3 is 0 Å². The SMILES string of the molecule is Cc1cc2c(c(F)n1)-c1ccc(F)cc1C(O)C(=O)N2. The van der Waals surface area contributed by atoms with Crippen LogP contribution >= 0.6 is 0 Å². The number of hydrogen-bond donors (Lipinski definition) is 2. The quantitative estimate of drug-likeness (QED) is 0.726. The Morgan fingerprint density at radius 1 is 1.30 bits per heavy atom. The van der Waals surface area contributed by atoms with Gasteiger partial charge in [0.1, 0.15) is 5.82 Å². The van der Waals surface area contributed by atoms with E-state index < -0.39 is 23.8 Å². The van der Waals surface area contributed by atoms with Gasteiger partial charge in [0, 0.05) is 11.3 Å². The minimum Gasteiger partial charge on any atom is -0.378 e. The van der Waals surface area contributed by atoms with Crippen LogP contribution in [0.5, 0.6) is 0 Å². The van der Waals surface area contributed by atoms with E-state index >= 15 is 0 Å². The van der Waals surface area contributed by atoms with Crippen LogP contribution in [-0.2, 0) is 4.79 Å². The van der Waals surface area contributed by atoms with Crippen LogP contribution in [0.3, 0.4) is 0 Å². The van der Waals surface area contributed by atoms with Crippen molar-refractivity contribution >= 4 is 11.6 Å². The van der Waals surface area contributed by atoms with Gasteiger partial charge in [-0.1, -0.05) is 6.07 Å². The summed E-state index contributed by atoms with van der Waals surface area (Å²) in [6, 6.07) is 4.99. The molecule has 1 amide bonds. The molecule has 1 aliphatic heterocycles. The molecule has 20 heavy (non-hydrogen) atoms. The van der Waals surface area contributed by atoms with Gasteiger partial charge in [0.05, 0.1) is 11.3 Å². The van der Waals surface area contributed by atoms with Crippen LogP contribution in [0.1, 0.15) is 17.4 Å². The van der Waals surface area contributed by atoms with Gasteiger partial charge in [0.15, 0.2) is 6.10 Å². The van der Waals surface area contributed by atoms with E-state index in [-0.39, 0.29) is 22.4 Å². The lowest BCUT2D eigenvalue weighted by Gasteiger charge is -2.11. The highest BCUT2D eigenvalue weighted by atomic mass is 19.1. The summed E-state index contributed by atoms with van der Waals surface area (Å²) in [5.41, 5.74) is 0.921. The zero-order valence-corrected chi connectivity index (χ0v) is 10.4. The van der Waals surface area contributed by atoms with Crippen molar-refractivity contribution in [3.05, 3.63) is 47.3 Å². The number of benzene rings is 1. The van der Waals surface area contributed by atoms with E-state index in [1.54, 1.807) is 6.92 Å². The van der Waals surface area contributed by atoms with Crippen molar-refractivity contribution < 1.29 is 18.7 Å². The number of aryl methyl sites for hydroxylation is 1. The smallest absolute Gasteiger partial charge is 0.257 e. The van der Waals surface area contributed by atoms with E-state index in [0.717, 1.165) is 12.1 Å². The van der Waals surface area contributed by atoms with Gasteiger partial charge < -0.3 is 10.4 Å². The Labute approximate surface area is 113 Å². The predicted octanol–water partition coefficient (Wildman–Crippen LogP) is 2.32. The number of aromatic nitrogens is 1. The molecular weight excluding hydrogens is 266 g/mol. The summed E-state index contributed by atoms with van der Waals surface area (Å²) in [4.78, 5) is 15.6. The number of nitrogens with one attached hydrogen (secondary N) is 1. The summed E-state index contributed by atoms with van der Waals surface area (Å²) in [5, 5.41) is 12.4. The second-order valence-electron chi connectivity index (χ2n) is 4.60. The molecule has 0 saturated heterocycles. The summed E-state index contributed by atoms with van der Waals surface area (Å²) in [6.45, 7) is 1.59. The van der Waals surface area contributed by atoms with Crippen LogP contribution in [0.2, 0.25) is 0 Å². The third kappa shape index (κ3) is 1.85. The first-order valence-electron chi connectivity index (χ1n) is 5.93. The first kappa shape index (κ1) is 12.7. The summed E-state index contributed by atoms with van der Waals surface area (Å²) in [5.74, 6) is -2.12. The molecule has 1 aliphatic rings. The Kier molecular flexibility index (Phi) is 2.76. The number of hydrogen-bond acceptors (Lipinski definition) is 3. The number of anilines is 1. The van der Waals surface area contributed by atoms with Crippen molar-refractivity contribution in [1.29, 1.82) is 0 Å². The first-order valence-corrected chi connectivity index (χ1v) is 5.93. The molecule has 0 bridgehead atoms. The number of pyridine rings is 1. The van der Waals surface area contributed by atoms with Gasteiger partial charge in [0.2, 0.25) is 5.95 Å². The number of amides is 1. The van der Waals surface area contributed by atoms with E-state index in [0.29, 0.717) is 5.69 Å². The molecule has 6 heteroatoms. The van der Waals surface area contributed by atoms with Crippen LogP contribution in [0, 0.1) is 18.7 Å². The third-order valence-electron chi connectivity index (χ3n) is 3.19. The molecule has 1 aromatic carbocycles. The number of rotatable bonds is 0. The summed E-state index contributed by atoms with van der Waals surface area (Å²) < 4.78 is 27.4. The number of aliphatic hydroxyl groups is 1. The van der Waals surface area contributed by atoms with Gasteiger partial charge in [-0.15, -0.1) is 0 Å². The normalized spacial score (nSPS) is 17.0. The molecular formula is C14H10F2N2O2. The molecule has 0 saturated carbocycles. The average molecular weight is 276 g/mol. The highest BCUT2D eigenvalue weighted by Gasteiger charge is 2.29. The second-order valence-corrected chi connectivity index (χ2v) is 4.60. The lowest BCUT2D eigenvalue weighted by Crippen LogP contribution is -2.19. The number of aliphatic hydroxyl groups excluding tert-OH is 1. The molecule has 3 rings (SSSR count). The van der Waals surface area contributed by atoms with Gasteiger partial charge in [0.25, 0.3) is 5.91 Å². The van der Waals surface area contributed by atoms with Crippen molar-refractivity contribution in [2.45, 2.75) is 13.0 Å². The predicted molar refractivity (Wildman–Crippen MR) is 67.9 cm³/mol. The lowest BCUT2D eigenvalue weighted by molar-refractivity contribution is -0.124. The molecule has 2 N–H and O–H groups in total. The molecule has 1 aromatic heterocycles. The van der Waals surface area contributed by atoms with Crippen molar-refractivity contribution in [1.82, 2.24) is 4.98 Å². The molecule has 2 heterocycles. The van der Waals surface area contributed by atoms with Gasteiger partial charge in [-0.2, -0.15) is 4.39 Å². The topological polar surface area (TPSA) is 62.2 Å². The summed E-state index contributed by atoms with van der Waals surface area (Å²) >= 11 is 0. The zero-order valence-electron chi connectivity index (χ0n) is 10.4. The van der Waals surface area contributed by atoms with Crippen LogP contribution in [-0.4, -0.2) is 16.0 Å². The van der Waals surface area contributed by atoms with E-state index in [4.69, 9.17) is 0 Å². The number of halogens is 2. The molecule has 1 unspecified atom stereocenters. The fraction of sp³-hybridized carbons (Fsp3) is 0.143. The maximum atomic E-state index is 14.1. The highest BCUT2D eigenvalue weighted by molar-refractivity contribution is 6.02. The van der Waals surface area contributed by atoms with Crippen LogP contribution in [0.15, 0.2) is 24.3 Å². The van der Waals surface area contributed by atoms with Crippen molar-refractivity contribution in [3.63, 3.8) is 0 Å². The number of carbonyl (C=O) groups is 1. The fourth-order valence-electron chi connectivity index (χ4n) is 2.32. The van der Waals surface area contributed by atoms with Crippen molar-refractivity contribution in [2.75, 3.05) is 5.32 Å². The molecule has 0 radical (unpaired) electrons. The molecule has 102 valence electrons. The van der Waals surface area contributed by atoms with E-state index in [2.05, 4.69) is 10.3 Å². The van der Waals surface area contributed by atoms with Crippen molar-refractivity contribution in [2.24, 2.45) is 0 Å². The standard InChI is InChI=1S/C14H10F2N2O2/c1-6-4-10-11(13(16)17-6)8-3-2-7(15)5-9(8)12(19)14(20)18-10/h2-5,12,19H,1H3,(H,18,20). The highest BCUT2D eigenvalue weighted by Crippen LogP contribution is 2.39. The molecule has 4 nitrogen and oxygen atoms in total. The summed E-state index contributed by atoms with van der Waals surface area (Å²) in [7, 11) is 0. The van der Waals surface area contributed by atoms with Crippen LogP contribution < -0.4 is 5.32 Å². The molecule has 0 aliphatic carbocycles. The molecule has 0 fully saturated rings. The number of nitrogens with zero attached hydrogens (tertiary/aromatic N) is 1. The maximum absolute atomic E-state index is 14.1. The Morgan fingerprint density at radius 2 is 2.05 bits per heavy atom. The van der Waals surface area contributed by atoms with E-state index in [1.165, 1.54) is 12.1 Å². The fourth-order valence-corrected chi connectivity index (χ4v) is 2.32. The minimum atomic E-state index is -1.56. The van der Waals surface area contributed by atoms with Gasteiger partial charge in [-0.05, 0) is 30.7 Å². The minimum absolute atomic E-state index is 0.0193. The molecule has 2 aromatic rings. The Hall–Kier alpha value is -2.34. The van der Waals surface area contributed by atoms with Crippen molar-refractivity contribution in [3.8, 4) is 11.1 Å². The average Bonchev–Trinajstić information content (AvgIpc) is 2.47. The first-order chi connectivity index (χ1) is 9.47. The molecule has 1 atom stereocenters. The Bertz CT molecular complexity index is 731. The largest absolute Gasteiger partial charge is 0.378 e. The zero-order chi connectivity index (χ0) is 14.4. The Balaban J connectivity index is 2.38. The maximum Gasteiger partial charge on any atom is 0.257 e. The Morgan fingerprint density at radius 3 is 2.80 bits per heavy atom. The van der Waals surface area contributed by atoms with Crippen LogP contribution in [0.25, 0.3) is 11.1 Å². The monoisotopic (exact) mass is 276 g/mol. The van der Waals surface area contributed by atoms with Gasteiger partial charge in [-0.25, -0.2) is 9.37 Å². The van der Waals surface area contributed by atoms with E-state index in [9.17, 15) is 18.7 Å². The second kappa shape index (κ2) is 4.35. The third-order valence-corrected chi connectivity index (χ3v) is 3.19. The number of carbonyl (C=O) groups excluding carboxylic acids is 1. The van der Waals surface area contributed by atoms with Crippen LogP contribution in [0.4, 0.5) is 14.5 Å². The summed E-state index contributed by atoms with van der Waals surface area (Å²) in [6.07, 6.45) is -1.56. The molecule has 0 spiro atoms. The van der Waals surface area contributed by atoms with Gasteiger partial charge in [-0.3, -0.25) is 4.79 Å². The lowest BCUT2D eigenvalue weighted by atomic mass is 9.97. The number of fused-ring (bicyclic) bond motifs is 3.